The normalized spacial score (nSPS) is 10.6. The standard InChI is InChI=1S/C14H24N2O/c1-5-16(8-9-17-4)14-7-6-12(2)10-13(14)11-15-3/h6-7,10,15H,5,8-9,11H2,1-4H3. The van der Waals surface area contributed by atoms with Gasteiger partial charge in [0.25, 0.3) is 0 Å². The van der Waals surface area contributed by atoms with Gasteiger partial charge in [-0.1, -0.05) is 17.7 Å². The van der Waals surface area contributed by atoms with Gasteiger partial charge < -0.3 is 15.0 Å². The summed E-state index contributed by atoms with van der Waals surface area (Å²) in [6, 6.07) is 6.63. The van der Waals surface area contributed by atoms with E-state index in [1.54, 1.807) is 7.11 Å². The molecule has 0 fully saturated rings. The molecule has 0 aliphatic carbocycles. The molecule has 0 saturated carbocycles. The maximum atomic E-state index is 5.16. The largest absolute Gasteiger partial charge is 0.383 e. The summed E-state index contributed by atoms with van der Waals surface area (Å²) in [4.78, 5) is 2.36. The van der Waals surface area contributed by atoms with Crippen LogP contribution < -0.4 is 10.2 Å². The van der Waals surface area contributed by atoms with E-state index < -0.39 is 0 Å². The fraction of sp³-hybridized carbons (Fsp3) is 0.571. The molecule has 1 aromatic carbocycles. The van der Waals surface area contributed by atoms with Gasteiger partial charge in [0.05, 0.1) is 6.61 Å². The fourth-order valence-corrected chi connectivity index (χ4v) is 2.01. The number of hydrogen-bond donors (Lipinski definition) is 1. The second-order valence-electron chi connectivity index (χ2n) is 4.23. The molecule has 0 aromatic heterocycles. The van der Waals surface area contributed by atoms with Crippen molar-refractivity contribution >= 4 is 5.69 Å². The summed E-state index contributed by atoms with van der Waals surface area (Å²) in [7, 11) is 3.73. The molecule has 1 rings (SSSR count). The molecule has 96 valence electrons. The minimum absolute atomic E-state index is 0.765. The van der Waals surface area contributed by atoms with Gasteiger partial charge in [0.1, 0.15) is 0 Å². The summed E-state index contributed by atoms with van der Waals surface area (Å²) < 4.78 is 5.16. The Bertz CT molecular complexity index is 339. The predicted molar refractivity (Wildman–Crippen MR) is 73.7 cm³/mol. The summed E-state index contributed by atoms with van der Waals surface area (Å²) in [6.45, 7) is 7.92. The van der Waals surface area contributed by atoms with Crippen LogP contribution in [0.5, 0.6) is 0 Å². The molecule has 0 aliphatic rings. The molecule has 0 bridgehead atoms. The van der Waals surface area contributed by atoms with Gasteiger partial charge in [0, 0.05) is 32.4 Å². The summed E-state index contributed by atoms with van der Waals surface area (Å²) in [5.74, 6) is 0. The lowest BCUT2D eigenvalue weighted by atomic mass is 10.1. The average molecular weight is 236 g/mol. The van der Waals surface area contributed by atoms with E-state index in [4.69, 9.17) is 4.74 Å². The summed E-state index contributed by atoms with van der Waals surface area (Å²) >= 11 is 0. The van der Waals surface area contributed by atoms with E-state index in [0.29, 0.717) is 0 Å². The van der Waals surface area contributed by atoms with Crippen LogP contribution in [0.25, 0.3) is 0 Å². The first-order valence-corrected chi connectivity index (χ1v) is 6.21. The highest BCUT2D eigenvalue weighted by atomic mass is 16.5. The SMILES string of the molecule is CCN(CCOC)c1ccc(C)cc1CNC. The van der Waals surface area contributed by atoms with Crippen molar-refractivity contribution in [1.82, 2.24) is 5.32 Å². The number of aryl methyl sites for hydroxylation is 1. The minimum atomic E-state index is 0.765. The molecule has 0 radical (unpaired) electrons. The quantitative estimate of drug-likeness (QED) is 0.785. The third-order valence-corrected chi connectivity index (χ3v) is 2.89. The van der Waals surface area contributed by atoms with E-state index in [9.17, 15) is 0 Å². The number of hydrogen-bond acceptors (Lipinski definition) is 3. The molecule has 1 N–H and O–H groups in total. The first-order chi connectivity index (χ1) is 8.22. The van der Waals surface area contributed by atoms with E-state index in [1.165, 1.54) is 16.8 Å². The fourth-order valence-electron chi connectivity index (χ4n) is 2.01. The zero-order chi connectivity index (χ0) is 12.7. The van der Waals surface area contributed by atoms with Crippen LogP contribution in [0, 0.1) is 6.92 Å². The van der Waals surface area contributed by atoms with E-state index in [0.717, 1.165) is 26.2 Å². The van der Waals surface area contributed by atoms with Crippen molar-refractivity contribution in [3.63, 3.8) is 0 Å². The third kappa shape index (κ3) is 4.02. The van der Waals surface area contributed by atoms with Crippen LogP contribution >= 0.6 is 0 Å². The number of nitrogens with zero attached hydrogens (tertiary/aromatic N) is 1. The van der Waals surface area contributed by atoms with Crippen molar-refractivity contribution in [3.05, 3.63) is 29.3 Å². The Morgan fingerprint density at radius 3 is 2.71 bits per heavy atom. The lowest BCUT2D eigenvalue weighted by Crippen LogP contribution is -2.28. The summed E-state index contributed by atoms with van der Waals surface area (Å²) in [5, 5.41) is 3.23. The Morgan fingerprint density at radius 2 is 2.12 bits per heavy atom. The molecule has 1 aromatic rings. The first-order valence-electron chi connectivity index (χ1n) is 6.21. The zero-order valence-corrected chi connectivity index (χ0v) is 11.4. The molecule has 0 spiro atoms. The van der Waals surface area contributed by atoms with Gasteiger partial charge in [-0.25, -0.2) is 0 Å². The number of nitrogens with one attached hydrogen (secondary N) is 1. The van der Waals surface area contributed by atoms with Gasteiger partial charge in [0.2, 0.25) is 0 Å². The Balaban J connectivity index is 2.91. The van der Waals surface area contributed by atoms with Gasteiger partial charge in [0.15, 0.2) is 0 Å². The summed E-state index contributed by atoms with van der Waals surface area (Å²) in [5.41, 5.74) is 3.97. The van der Waals surface area contributed by atoms with Crippen LogP contribution in [0.4, 0.5) is 5.69 Å². The highest BCUT2D eigenvalue weighted by molar-refractivity contribution is 5.55. The van der Waals surface area contributed by atoms with Crippen molar-refractivity contribution in [1.29, 1.82) is 0 Å². The van der Waals surface area contributed by atoms with Gasteiger partial charge in [-0.2, -0.15) is 0 Å². The molecule has 0 amide bonds. The lowest BCUT2D eigenvalue weighted by Gasteiger charge is -2.25. The molecule has 0 heterocycles. The second-order valence-corrected chi connectivity index (χ2v) is 4.23. The Hall–Kier alpha value is -1.06. The molecule has 3 heteroatoms. The van der Waals surface area contributed by atoms with Crippen molar-refractivity contribution < 1.29 is 4.74 Å². The van der Waals surface area contributed by atoms with Gasteiger partial charge >= 0.3 is 0 Å². The van der Waals surface area contributed by atoms with Crippen molar-refractivity contribution in [2.75, 3.05) is 38.8 Å². The monoisotopic (exact) mass is 236 g/mol. The Morgan fingerprint density at radius 1 is 1.35 bits per heavy atom. The van der Waals surface area contributed by atoms with Gasteiger partial charge in [-0.05, 0) is 32.5 Å². The van der Waals surface area contributed by atoms with Crippen LogP contribution in [-0.4, -0.2) is 33.9 Å². The topological polar surface area (TPSA) is 24.5 Å². The number of ether oxygens (including phenoxy) is 1. The van der Waals surface area contributed by atoms with Crippen LogP contribution in [0.3, 0.4) is 0 Å². The maximum Gasteiger partial charge on any atom is 0.0637 e. The molecule has 0 saturated heterocycles. The van der Waals surface area contributed by atoms with Crippen molar-refractivity contribution in [2.45, 2.75) is 20.4 Å². The predicted octanol–water partition coefficient (Wildman–Crippen LogP) is 2.19. The second kappa shape index (κ2) is 7.30. The number of rotatable bonds is 7. The molecular formula is C14H24N2O. The van der Waals surface area contributed by atoms with E-state index in [-0.39, 0.29) is 0 Å². The number of benzene rings is 1. The lowest BCUT2D eigenvalue weighted by molar-refractivity contribution is 0.205. The first kappa shape index (κ1) is 14.0. The van der Waals surface area contributed by atoms with E-state index in [2.05, 4.69) is 42.3 Å². The average Bonchev–Trinajstić information content (AvgIpc) is 2.32. The molecule has 0 atom stereocenters. The summed E-state index contributed by atoms with van der Waals surface area (Å²) in [6.07, 6.45) is 0. The zero-order valence-electron chi connectivity index (χ0n) is 11.4. The maximum absolute atomic E-state index is 5.16. The smallest absolute Gasteiger partial charge is 0.0637 e. The molecule has 0 aliphatic heterocycles. The highest BCUT2D eigenvalue weighted by Gasteiger charge is 2.09. The number of methoxy groups -OCH3 is 1. The minimum Gasteiger partial charge on any atom is -0.383 e. The van der Waals surface area contributed by atoms with Crippen LogP contribution in [0.1, 0.15) is 18.1 Å². The van der Waals surface area contributed by atoms with Crippen molar-refractivity contribution in [3.8, 4) is 0 Å². The molecular weight excluding hydrogens is 212 g/mol. The van der Waals surface area contributed by atoms with Crippen LogP contribution in [0.15, 0.2) is 18.2 Å². The molecule has 17 heavy (non-hydrogen) atoms. The Kier molecular flexibility index (Phi) is 6.01. The molecule has 0 unspecified atom stereocenters. The number of anilines is 1. The van der Waals surface area contributed by atoms with Gasteiger partial charge in [-0.15, -0.1) is 0 Å². The molecule has 3 nitrogen and oxygen atoms in total. The van der Waals surface area contributed by atoms with Crippen LogP contribution in [0.2, 0.25) is 0 Å². The number of likely N-dealkylation sites (N-methyl/N-ethyl adjacent to an activating group) is 1. The third-order valence-electron chi connectivity index (χ3n) is 2.89. The van der Waals surface area contributed by atoms with E-state index in [1.807, 2.05) is 7.05 Å². The van der Waals surface area contributed by atoms with Gasteiger partial charge in [-0.3, -0.25) is 0 Å². The highest BCUT2D eigenvalue weighted by Crippen LogP contribution is 2.21. The Labute approximate surface area is 105 Å². The van der Waals surface area contributed by atoms with Crippen LogP contribution in [-0.2, 0) is 11.3 Å². The van der Waals surface area contributed by atoms with Crippen molar-refractivity contribution in [2.24, 2.45) is 0 Å². The van der Waals surface area contributed by atoms with E-state index >= 15 is 0 Å².